The van der Waals surface area contributed by atoms with Gasteiger partial charge in [0.25, 0.3) is 0 Å². The van der Waals surface area contributed by atoms with Crippen LogP contribution >= 0.6 is 0 Å². The lowest BCUT2D eigenvalue weighted by Crippen LogP contribution is -2.46. The van der Waals surface area contributed by atoms with Crippen molar-refractivity contribution in [3.63, 3.8) is 0 Å². The topological polar surface area (TPSA) is 131 Å². The summed E-state index contributed by atoms with van der Waals surface area (Å²) in [5.74, 6) is 0.0492. The van der Waals surface area contributed by atoms with Gasteiger partial charge in [-0.05, 0) is 13.0 Å². The highest BCUT2D eigenvalue weighted by Gasteiger charge is 2.53. The van der Waals surface area contributed by atoms with Crippen LogP contribution < -0.4 is 11.4 Å². The fourth-order valence-corrected chi connectivity index (χ4v) is 1.99. The zero-order chi connectivity index (χ0) is 13.5. The van der Waals surface area contributed by atoms with Gasteiger partial charge in [-0.2, -0.15) is 4.98 Å². The summed E-state index contributed by atoms with van der Waals surface area (Å²) < 4.78 is 6.30. The molecule has 2 heterocycles. The molecule has 8 nitrogen and oxygen atoms in total. The number of hydrogen-bond donors (Lipinski definition) is 4. The summed E-state index contributed by atoms with van der Waals surface area (Å²) >= 11 is 0. The average molecular weight is 257 g/mol. The number of rotatable bonds is 2. The molecule has 4 atom stereocenters. The predicted molar refractivity (Wildman–Crippen MR) is 60.5 cm³/mol. The van der Waals surface area contributed by atoms with E-state index >= 15 is 0 Å². The standard InChI is InChI=1S/C10H15N3O5/c1-10(17)7(15)5(4-14)18-8(10)13-3-2-6(11)12-9(13)16/h2-3,5,7-8,14-15,17H,4H2,1H3,(H2,11,12,16)/t5-,7?,8-,10-/m1/s1. The van der Waals surface area contributed by atoms with Crippen molar-refractivity contribution in [3.05, 3.63) is 22.7 Å². The van der Waals surface area contributed by atoms with Gasteiger partial charge in [-0.25, -0.2) is 4.79 Å². The van der Waals surface area contributed by atoms with E-state index in [1.165, 1.54) is 19.2 Å². The minimum Gasteiger partial charge on any atom is -0.394 e. The molecule has 1 unspecified atom stereocenters. The lowest BCUT2D eigenvalue weighted by Gasteiger charge is -2.27. The van der Waals surface area contributed by atoms with E-state index in [-0.39, 0.29) is 5.82 Å². The maximum Gasteiger partial charge on any atom is 0.351 e. The molecule has 1 aromatic rings. The highest BCUT2D eigenvalue weighted by atomic mass is 16.6. The number of aromatic nitrogens is 2. The van der Waals surface area contributed by atoms with Crippen LogP contribution in [0.25, 0.3) is 0 Å². The van der Waals surface area contributed by atoms with Crippen molar-refractivity contribution in [1.29, 1.82) is 0 Å². The minimum absolute atomic E-state index is 0.0492. The fourth-order valence-electron chi connectivity index (χ4n) is 1.99. The molecule has 0 aromatic carbocycles. The number of nitrogens with two attached hydrogens (primary N) is 1. The van der Waals surface area contributed by atoms with E-state index in [4.69, 9.17) is 15.6 Å². The molecular weight excluding hydrogens is 242 g/mol. The fraction of sp³-hybridized carbons (Fsp3) is 0.600. The molecule has 0 amide bonds. The molecule has 1 aromatic heterocycles. The van der Waals surface area contributed by atoms with Crippen LogP contribution in [0.15, 0.2) is 17.1 Å². The van der Waals surface area contributed by atoms with Crippen molar-refractivity contribution >= 4 is 5.82 Å². The zero-order valence-electron chi connectivity index (χ0n) is 9.72. The molecule has 0 bridgehead atoms. The Labute approximate surface area is 102 Å². The first-order valence-electron chi connectivity index (χ1n) is 5.39. The summed E-state index contributed by atoms with van der Waals surface area (Å²) in [5, 5.41) is 29.0. The van der Waals surface area contributed by atoms with E-state index in [1.54, 1.807) is 0 Å². The second-order valence-electron chi connectivity index (χ2n) is 4.42. The van der Waals surface area contributed by atoms with E-state index in [0.717, 1.165) is 4.57 Å². The van der Waals surface area contributed by atoms with Gasteiger partial charge >= 0.3 is 5.69 Å². The molecule has 1 aliphatic heterocycles. The predicted octanol–water partition coefficient (Wildman–Crippen LogP) is -2.17. The first-order chi connectivity index (χ1) is 8.37. The van der Waals surface area contributed by atoms with Crippen LogP contribution in [0, 0.1) is 0 Å². The van der Waals surface area contributed by atoms with Gasteiger partial charge in [0.15, 0.2) is 6.23 Å². The Kier molecular flexibility index (Phi) is 3.11. The van der Waals surface area contributed by atoms with Gasteiger partial charge in [-0.3, -0.25) is 4.57 Å². The molecule has 0 saturated carbocycles. The minimum atomic E-state index is -1.71. The second-order valence-corrected chi connectivity index (χ2v) is 4.42. The van der Waals surface area contributed by atoms with Gasteiger partial charge in [0.2, 0.25) is 0 Å². The Morgan fingerprint density at radius 3 is 2.83 bits per heavy atom. The van der Waals surface area contributed by atoms with Crippen molar-refractivity contribution < 1.29 is 20.1 Å². The molecule has 5 N–H and O–H groups in total. The molecule has 8 heteroatoms. The molecule has 2 rings (SSSR count). The van der Waals surface area contributed by atoms with Crippen LogP contribution in [0.2, 0.25) is 0 Å². The summed E-state index contributed by atoms with van der Waals surface area (Å²) in [7, 11) is 0. The Hall–Kier alpha value is -1.48. The van der Waals surface area contributed by atoms with E-state index in [9.17, 15) is 15.0 Å². The molecule has 1 aliphatic rings. The quantitative estimate of drug-likeness (QED) is 0.474. The van der Waals surface area contributed by atoms with E-state index in [1.807, 2.05) is 0 Å². The number of hydrogen-bond acceptors (Lipinski definition) is 7. The number of aliphatic hydroxyl groups is 3. The smallest absolute Gasteiger partial charge is 0.351 e. The molecule has 0 spiro atoms. The summed E-state index contributed by atoms with van der Waals surface area (Å²) in [5.41, 5.74) is 2.94. The monoisotopic (exact) mass is 257 g/mol. The molecule has 1 saturated heterocycles. The van der Waals surface area contributed by atoms with Gasteiger partial charge in [-0.15, -0.1) is 0 Å². The van der Waals surface area contributed by atoms with Crippen LogP contribution in [-0.4, -0.2) is 49.3 Å². The maximum atomic E-state index is 11.7. The maximum absolute atomic E-state index is 11.7. The van der Waals surface area contributed by atoms with Crippen molar-refractivity contribution in [2.75, 3.05) is 12.3 Å². The number of aliphatic hydroxyl groups excluding tert-OH is 2. The third kappa shape index (κ3) is 1.89. The largest absolute Gasteiger partial charge is 0.394 e. The Morgan fingerprint density at radius 1 is 1.67 bits per heavy atom. The lowest BCUT2D eigenvalue weighted by molar-refractivity contribution is -0.0986. The third-order valence-electron chi connectivity index (χ3n) is 3.04. The molecule has 18 heavy (non-hydrogen) atoms. The van der Waals surface area contributed by atoms with Crippen molar-refractivity contribution in [3.8, 4) is 0 Å². The number of nitrogen functional groups attached to an aromatic ring is 1. The van der Waals surface area contributed by atoms with Crippen LogP contribution in [0.1, 0.15) is 13.2 Å². The average Bonchev–Trinajstić information content (AvgIpc) is 2.52. The van der Waals surface area contributed by atoms with Crippen LogP contribution in [0.3, 0.4) is 0 Å². The zero-order valence-corrected chi connectivity index (χ0v) is 9.72. The number of ether oxygens (including phenoxy) is 1. The molecule has 1 fully saturated rings. The van der Waals surface area contributed by atoms with Gasteiger partial charge in [0.05, 0.1) is 6.61 Å². The van der Waals surface area contributed by atoms with E-state index in [0.29, 0.717) is 0 Å². The summed E-state index contributed by atoms with van der Waals surface area (Å²) in [6.45, 7) is 0.853. The van der Waals surface area contributed by atoms with E-state index < -0.39 is 36.3 Å². The molecular formula is C10H15N3O5. The number of nitrogens with zero attached hydrogens (tertiary/aromatic N) is 2. The van der Waals surface area contributed by atoms with Crippen LogP contribution in [0.4, 0.5) is 5.82 Å². The van der Waals surface area contributed by atoms with Gasteiger partial charge < -0.3 is 25.8 Å². The summed E-state index contributed by atoms with van der Waals surface area (Å²) in [6.07, 6.45) is -2.09. The second kappa shape index (κ2) is 4.32. The van der Waals surface area contributed by atoms with Crippen molar-refractivity contribution in [1.82, 2.24) is 9.55 Å². The lowest BCUT2D eigenvalue weighted by atomic mass is 9.96. The van der Waals surface area contributed by atoms with Gasteiger partial charge in [-0.1, -0.05) is 0 Å². The highest BCUT2D eigenvalue weighted by Crippen LogP contribution is 2.37. The number of anilines is 1. The summed E-state index contributed by atoms with van der Waals surface area (Å²) in [4.78, 5) is 15.2. The van der Waals surface area contributed by atoms with Gasteiger partial charge in [0, 0.05) is 6.20 Å². The Bertz CT molecular complexity index is 501. The molecule has 0 aliphatic carbocycles. The Morgan fingerprint density at radius 2 is 2.33 bits per heavy atom. The van der Waals surface area contributed by atoms with Crippen LogP contribution in [-0.2, 0) is 4.74 Å². The Balaban J connectivity index is 2.42. The van der Waals surface area contributed by atoms with Gasteiger partial charge in [0.1, 0.15) is 23.6 Å². The van der Waals surface area contributed by atoms with Crippen molar-refractivity contribution in [2.45, 2.75) is 31.0 Å². The first-order valence-corrected chi connectivity index (χ1v) is 5.39. The third-order valence-corrected chi connectivity index (χ3v) is 3.04. The molecule has 100 valence electrons. The van der Waals surface area contributed by atoms with Crippen LogP contribution in [0.5, 0.6) is 0 Å². The highest BCUT2D eigenvalue weighted by molar-refractivity contribution is 5.23. The normalized spacial score (nSPS) is 35.9. The SMILES string of the molecule is C[C@@]1(O)C(O)[C@@H](CO)O[C@H]1n1ccc(N)nc1=O. The first kappa shape index (κ1) is 13.0. The van der Waals surface area contributed by atoms with Crippen molar-refractivity contribution in [2.24, 2.45) is 0 Å². The summed E-state index contributed by atoms with van der Waals surface area (Å²) in [6, 6.07) is 1.37. The van der Waals surface area contributed by atoms with E-state index in [2.05, 4.69) is 4.98 Å². The molecule has 0 radical (unpaired) electrons.